The summed E-state index contributed by atoms with van der Waals surface area (Å²) in [4.78, 5) is 12.7. The lowest BCUT2D eigenvalue weighted by molar-refractivity contribution is -0.125. The number of ether oxygens (including phenoxy) is 2. The van der Waals surface area contributed by atoms with E-state index in [0.29, 0.717) is 13.0 Å². The molecule has 1 aliphatic rings. The number of fused-ring (bicyclic) bond motifs is 1. The van der Waals surface area contributed by atoms with E-state index in [1.165, 1.54) is 0 Å². The summed E-state index contributed by atoms with van der Waals surface area (Å²) in [6, 6.07) is 5.70. The predicted octanol–water partition coefficient (Wildman–Crippen LogP) is 2.85. The molecule has 1 amide bonds. The standard InChI is InChI=1S/C19H25N3O3/c1-11(9-16-12(2)21-22-13(16)3)19(23)20-17-7-8-25-18-10-14(24-4)5-6-15(17)18/h5-6,10-11,17H,7-9H2,1-4H3,(H,20,23)(H,21,22)/t11-,17-/m0/s1. The number of rotatable bonds is 5. The Hall–Kier alpha value is -2.50. The van der Waals surface area contributed by atoms with Gasteiger partial charge >= 0.3 is 0 Å². The zero-order valence-corrected chi connectivity index (χ0v) is 15.2. The van der Waals surface area contributed by atoms with Gasteiger partial charge in [-0.1, -0.05) is 6.92 Å². The van der Waals surface area contributed by atoms with E-state index in [9.17, 15) is 4.79 Å². The molecule has 0 fully saturated rings. The van der Waals surface area contributed by atoms with E-state index in [4.69, 9.17) is 9.47 Å². The van der Waals surface area contributed by atoms with Gasteiger partial charge in [-0.3, -0.25) is 9.89 Å². The number of aromatic nitrogens is 2. The number of aromatic amines is 1. The Labute approximate surface area is 147 Å². The Morgan fingerprint density at radius 1 is 1.48 bits per heavy atom. The van der Waals surface area contributed by atoms with E-state index < -0.39 is 0 Å². The van der Waals surface area contributed by atoms with Crippen LogP contribution in [0.5, 0.6) is 11.5 Å². The van der Waals surface area contributed by atoms with Gasteiger partial charge in [-0.25, -0.2) is 0 Å². The normalized spacial score (nSPS) is 17.4. The molecular weight excluding hydrogens is 318 g/mol. The first-order chi connectivity index (χ1) is 12.0. The second-order valence-electron chi connectivity index (χ2n) is 6.62. The van der Waals surface area contributed by atoms with Gasteiger partial charge in [0.1, 0.15) is 11.5 Å². The van der Waals surface area contributed by atoms with E-state index in [-0.39, 0.29) is 17.9 Å². The van der Waals surface area contributed by atoms with Crippen molar-refractivity contribution in [1.82, 2.24) is 15.5 Å². The summed E-state index contributed by atoms with van der Waals surface area (Å²) in [5.74, 6) is 1.46. The van der Waals surface area contributed by atoms with Crippen molar-refractivity contribution in [2.45, 2.75) is 39.7 Å². The van der Waals surface area contributed by atoms with Crippen LogP contribution in [0.4, 0.5) is 0 Å². The number of hydrogen-bond acceptors (Lipinski definition) is 4. The molecule has 25 heavy (non-hydrogen) atoms. The highest BCUT2D eigenvalue weighted by Gasteiger charge is 2.26. The van der Waals surface area contributed by atoms with Crippen molar-refractivity contribution < 1.29 is 14.3 Å². The van der Waals surface area contributed by atoms with Crippen LogP contribution in [0.1, 0.15) is 41.9 Å². The Bertz CT molecular complexity index is 750. The fourth-order valence-corrected chi connectivity index (χ4v) is 3.23. The van der Waals surface area contributed by atoms with Crippen molar-refractivity contribution >= 4 is 5.91 Å². The minimum atomic E-state index is -0.125. The second-order valence-corrected chi connectivity index (χ2v) is 6.62. The highest BCUT2D eigenvalue weighted by molar-refractivity contribution is 5.79. The molecule has 2 heterocycles. The van der Waals surface area contributed by atoms with Crippen molar-refractivity contribution in [3.63, 3.8) is 0 Å². The van der Waals surface area contributed by atoms with Gasteiger partial charge in [-0.2, -0.15) is 5.10 Å². The third kappa shape index (κ3) is 3.62. The number of carbonyl (C=O) groups excluding carboxylic acids is 1. The largest absolute Gasteiger partial charge is 0.497 e. The summed E-state index contributed by atoms with van der Waals surface area (Å²) in [5, 5.41) is 10.4. The first-order valence-electron chi connectivity index (χ1n) is 8.61. The van der Waals surface area contributed by atoms with Crippen LogP contribution in [-0.2, 0) is 11.2 Å². The average molecular weight is 343 g/mol. The van der Waals surface area contributed by atoms with E-state index in [2.05, 4.69) is 15.5 Å². The van der Waals surface area contributed by atoms with Gasteiger partial charge in [0.05, 0.1) is 25.5 Å². The summed E-state index contributed by atoms with van der Waals surface area (Å²) >= 11 is 0. The molecule has 2 N–H and O–H groups in total. The molecular formula is C19H25N3O3. The maximum Gasteiger partial charge on any atom is 0.223 e. The van der Waals surface area contributed by atoms with E-state index in [1.807, 2.05) is 39.0 Å². The number of aryl methyl sites for hydroxylation is 2. The number of methoxy groups -OCH3 is 1. The van der Waals surface area contributed by atoms with Crippen LogP contribution in [-0.4, -0.2) is 29.8 Å². The van der Waals surface area contributed by atoms with Gasteiger partial charge in [0, 0.05) is 29.7 Å². The maximum atomic E-state index is 12.7. The molecule has 0 spiro atoms. The SMILES string of the molecule is COc1ccc2c(c1)OCC[C@@H]2NC(=O)[C@@H](C)Cc1c(C)n[nH]c1C. The van der Waals surface area contributed by atoms with Crippen LogP contribution < -0.4 is 14.8 Å². The van der Waals surface area contributed by atoms with Crippen molar-refractivity contribution in [2.24, 2.45) is 5.92 Å². The molecule has 1 aromatic heterocycles. The van der Waals surface area contributed by atoms with Crippen molar-refractivity contribution in [1.29, 1.82) is 0 Å². The molecule has 0 saturated carbocycles. The summed E-state index contributed by atoms with van der Waals surface area (Å²) < 4.78 is 11.0. The van der Waals surface area contributed by atoms with Crippen LogP contribution in [0, 0.1) is 19.8 Å². The summed E-state index contributed by atoms with van der Waals surface area (Å²) in [6.45, 7) is 6.49. The summed E-state index contributed by atoms with van der Waals surface area (Å²) in [5.41, 5.74) is 4.12. The summed E-state index contributed by atoms with van der Waals surface area (Å²) in [6.07, 6.45) is 1.44. The molecule has 6 nitrogen and oxygen atoms in total. The first-order valence-corrected chi connectivity index (χ1v) is 8.61. The Kier molecular flexibility index (Phi) is 4.97. The quantitative estimate of drug-likeness (QED) is 0.875. The lowest BCUT2D eigenvalue weighted by Crippen LogP contribution is -2.36. The molecule has 2 aromatic rings. The van der Waals surface area contributed by atoms with E-state index in [1.54, 1.807) is 7.11 Å². The molecule has 3 rings (SSSR count). The number of nitrogens with zero attached hydrogens (tertiary/aromatic N) is 1. The Morgan fingerprint density at radius 3 is 2.96 bits per heavy atom. The second kappa shape index (κ2) is 7.17. The molecule has 0 saturated heterocycles. The molecule has 0 bridgehead atoms. The van der Waals surface area contributed by atoms with Gasteiger partial charge < -0.3 is 14.8 Å². The number of benzene rings is 1. The highest BCUT2D eigenvalue weighted by atomic mass is 16.5. The van der Waals surface area contributed by atoms with Gasteiger partial charge in [-0.05, 0) is 38.0 Å². The fourth-order valence-electron chi connectivity index (χ4n) is 3.23. The van der Waals surface area contributed by atoms with Crippen molar-refractivity contribution in [2.75, 3.05) is 13.7 Å². The monoisotopic (exact) mass is 343 g/mol. The third-order valence-electron chi connectivity index (χ3n) is 4.82. The molecule has 0 unspecified atom stereocenters. The van der Waals surface area contributed by atoms with Gasteiger partial charge in [0.2, 0.25) is 5.91 Å². The van der Waals surface area contributed by atoms with Crippen LogP contribution in [0.15, 0.2) is 18.2 Å². The Balaban J connectivity index is 1.69. The topological polar surface area (TPSA) is 76.2 Å². The zero-order chi connectivity index (χ0) is 18.0. The first kappa shape index (κ1) is 17.3. The highest BCUT2D eigenvalue weighted by Crippen LogP contribution is 2.35. The summed E-state index contributed by atoms with van der Waals surface area (Å²) in [7, 11) is 1.63. The molecule has 0 aliphatic carbocycles. The Morgan fingerprint density at radius 2 is 2.28 bits per heavy atom. The fraction of sp³-hybridized carbons (Fsp3) is 0.474. The molecule has 0 radical (unpaired) electrons. The van der Waals surface area contributed by atoms with Gasteiger partial charge in [-0.15, -0.1) is 0 Å². The number of amides is 1. The van der Waals surface area contributed by atoms with Crippen molar-refractivity contribution in [3.8, 4) is 11.5 Å². The third-order valence-corrected chi connectivity index (χ3v) is 4.82. The molecule has 2 atom stereocenters. The smallest absolute Gasteiger partial charge is 0.223 e. The van der Waals surface area contributed by atoms with E-state index >= 15 is 0 Å². The number of nitrogens with one attached hydrogen (secondary N) is 2. The van der Waals surface area contributed by atoms with Crippen LogP contribution in [0.25, 0.3) is 0 Å². The zero-order valence-electron chi connectivity index (χ0n) is 15.2. The van der Waals surface area contributed by atoms with Gasteiger partial charge in [0.15, 0.2) is 0 Å². The van der Waals surface area contributed by atoms with E-state index in [0.717, 1.165) is 40.4 Å². The number of hydrogen-bond donors (Lipinski definition) is 2. The molecule has 1 aliphatic heterocycles. The predicted molar refractivity (Wildman–Crippen MR) is 94.9 cm³/mol. The van der Waals surface area contributed by atoms with Crippen LogP contribution >= 0.6 is 0 Å². The number of H-pyrrole nitrogens is 1. The lowest BCUT2D eigenvalue weighted by atomic mass is 9.96. The minimum absolute atomic E-state index is 0.0313. The van der Waals surface area contributed by atoms with Crippen LogP contribution in [0.2, 0.25) is 0 Å². The molecule has 6 heteroatoms. The maximum absolute atomic E-state index is 12.7. The molecule has 1 aromatic carbocycles. The number of carbonyl (C=O) groups is 1. The van der Waals surface area contributed by atoms with Crippen LogP contribution in [0.3, 0.4) is 0 Å². The van der Waals surface area contributed by atoms with Gasteiger partial charge in [0.25, 0.3) is 0 Å². The lowest BCUT2D eigenvalue weighted by Gasteiger charge is -2.28. The molecule has 134 valence electrons. The van der Waals surface area contributed by atoms with Crippen molar-refractivity contribution in [3.05, 3.63) is 40.7 Å². The minimum Gasteiger partial charge on any atom is -0.497 e. The average Bonchev–Trinajstić information content (AvgIpc) is 2.93.